The Balaban J connectivity index is 1.44. The maximum atomic E-state index is 13.0. The van der Waals surface area contributed by atoms with Crippen molar-refractivity contribution in [2.75, 3.05) is 26.0 Å². The fourth-order valence-corrected chi connectivity index (χ4v) is 3.88. The van der Waals surface area contributed by atoms with Crippen molar-refractivity contribution in [1.82, 2.24) is 24.2 Å². The molecule has 1 aliphatic rings. The monoisotopic (exact) mass is 466 g/mol. The second-order valence-electron chi connectivity index (χ2n) is 8.39. The van der Waals surface area contributed by atoms with E-state index in [1.807, 2.05) is 37.2 Å². The molecule has 170 valence electrons. The molecule has 1 amide bonds. The first-order chi connectivity index (χ1) is 15.9. The van der Waals surface area contributed by atoms with Gasteiger partial charge in [0.1, 0.15) is 5.82 Å². The molecule has 5 rings (SSSR count). The van der Waals surface area contributed by atoms with Gasteiger partial charge in [0.05, 0.1) is 16.2 Å². The molecule has 2 aromatic heterocycles. The summed E-state index contributed by atoms with van der Waals surface area (Å²) in [5, 5.41) is 7.84. The first kappa shape index (κ1) is 21.4. The van der Waals surface area contributed by atoms with Gasteiger partial charge >= 0.3 is 5.76 Å². The summed E-state index contributed by atoms with van der Waals surface area (Å²) >= 11 is 6.36. The number of hydrogen-bond donors (Lipinski definition) is 1. The summed E-state index contributed by atoms with van der Waals surface area (Å²) in [7, 11) is 3.87. The molecule has 0 bridgehead atoms. The lowest BCUT2D eigenvalue weighted by atomic mass is 10.2. The Morgan fingerprint density at radius 3 is 2.76 bits per heavy atom. The lowest BCUT2D eigenvalue weighted by molar-refractivity contribution is 0.101. The van der Waals surface area contributed by atoms with Gasteiger partial charge in [0, 0.05) is 24.7 Å². The predicted octanol–water partition coefficient (Wildman–Crippen LogP) is 3.52. The number of hydrogen-bond acceptors (Lipinski definition) is 6. The number of benzene rings is 2. The quantitative estimate of drug-likeness (QED) is 0.447. The number of carbonyl (C=O) groups excluding carboxylic acids is 1. The van der Waals surface area contributed by atoms with E-state index in [1.54, 1.807) is 33.5 Å². The first-order valence-electron chi connectivity index (χ1n) is 10.7. The Morgan fingerprint density at radius 1 is 1.24 bits per heavy atom. The molecular formula is C23H23ClN6O3. The van der Waals surface area contributed by atoms with Gasteiger partial charge in [-0.1, -0.05) is 23.7 Å². The molecule has 0 unspecified atom stereocenters. The van der Waals surface area contributed by atoms with Crippen molar-refractivity contribution in [3.63, 3.8) is 0 Å². The van der Waals surface area contributed by atoms with E-state index in [0.717, 1.165) is 18.7 Å². The molecular weight excluding hydrogens is 444 g/mol. The van der Waals surface area contributed by atoms with E-state index in [4.69, 9.17) is 16.0 Å². The van der Waals surface area contributed by atoms with E-state index < -0.39 is 11.7 Å². The summed E-state index contributed by atoms with van der Waals surface area (Å²) < 4.78 is 8.54. The lowest BCUT2D eigenvalue weighted by Gasteiger charge is -2.09. The number of nitrogens with one attached hydrogen (secondary N) is 1. The molecule has 33 heavy (non-hydrogen) atoms. The molecule has 1 aliphatic carbocycles. The third kappa shape index (κ3) is 4.29. The molecule has 9 nitrogen and oxygen atoms in total. The van der Waals surface area contributed by atoms with Gasteiger partial charge in [-0.05, 0) is 57.3 Å². The highest BCUT2D eigenvalue weighted by Crippen LogP contribution is 2.40. The third-order valence-electron chi connectivity index (χ3n) is 5.55. The van der Waals surface area contributed by atoms with Gasteiger partial charge < -0.3 is 14.6 Å². The van der Waals surface area contributed by atoms with Crippen LogP contribution in [0.5, 0.6) is 0 Å². The van der Waals surface area contributed by atoms with Gasteiger partial charge in [-0.2, -0.15) is 0 Å². The molecule has 0 saturated heterocycles. The molecule has 0 atom stereocenters. The number of fused-ring (bicyclic) bond motifs is 1. The minimum absolute atomic E-state index is 0.0640. The Kier molecular flexibility index (Phi) is 5.51. The van der Waals surface area contributed by atoms with Crippen molar-refractivity contribution in [2.24, 2.45) is 0 Å². The van der Waals surface area contributed by atoms with Crippen LogP contribution in [0.3, 0.4) is 0 Å². The fourth-order valence-electron chi connectivity index (χ4n) is 3.67. The zero-order valence-corrected chi connectivity index (χ0v) is 19.0. The standard InChI is InChI=1S/C23H23ClN6O3/c1-28(2)11-12-29-18-13-15(9-10-19(18)33-23(29)32)25-22(31)20-26-21(14-7-8-14)30(27-20)17-6-4-3-5-16(17)24/h3-6,9-10,13-14H,7-8,11-12H2,1-2H3,(H,25,31). The highest BCUT2D eigenvalue weighted by molar-refractivity contribution is 6.32. The second kappa shape index (κ2) is 8.49. The Bertz CT molecular complexity index is 1400. The Labute approximate surface area is 194 Å². The molecule has 0 aliphatic heterocycles. The van der Waals surface area contributed by atoms with Crippen molar-refractivity contribution >= 4 is 34.3 Å². The molecule has 2 heterocycles. The highest BCUT2D eigenvalue weighted by Gasteiger charge is 2.32. The average molecular weight is 467 g/mol. The van der Waals surface area contributed by atoms with Crippen LogP contribution < -0.4 is 11.1 Å². The van der Waals surface area contributed by atoms with Crippen molar-refractivity contribution in [1.29, 1.82) is 0 Å². The molecule has 10 heteroatoms. The lowest BCUT2D eigenvalue weighted by Crippen LogP contribution is -2.23. The number of halogens is 1. The van der Waals surface area contributed by atoms with Crippen molar-refractivity contribution < 1.29 is 9.21 Å². The van der Waals surface area contributed by atoms with Gasteiger partial charge in [0.15, 0.2) is 5.58 Å². The summed E-state index contributed by atoms with van der Waals surface area (Å²) in [5.41, 5.74) is 2.30. The molecule has 1 N–H and O–H groups in total. The first-order valence-corrected chi connectivity index (χ1v) is 11.1. The van der Waals surface area contributed by atoms with Crippen LogP contribution >= 0.6 is 11.6 Å². The van der Waals surface area contributed by atoms with Gasteiger partial charge in [-0.15, -0.1) is 5.10 Å². The van der Waals surface area contributed by atoms with Crippen LogP contribution in [0, 0.1) is 0 Å². The van der Waals surface area contributed by atoms with Gasteiger partial charge in [0.2, 0.25) is 5.82 Å². The average Bonchev–Trinajstić information content (AvgIpc) is 3.45. The Morgan fingerprint density at radius 2 is 2.03 bits per heavy atom. The van der Waals surface area contributed by atoms with E-state index in [-0.39, 0.29) is 11.7 Å². The number of likely N-dealkylation sites (N-methyl/N-ethyl adjacent to an activating group) is 1. The number of oxazole rings is 1. The maximum absolute atomic E-state index is 13.0. The third-order valence-corrected chi connectivity index (χ3v) is 5.87. The van der Waals surface area contributed by atoms with Crippen LogP contribution in [0.4, 0.5) is 5.69 Å². The largest absolute Gasteiger partial charge is 0.419 e. The maximum Gasteiger partial charge on any atom is 0.419 e. The predicted molar refractivity (Wildman–Crippen MR) is 125 cm³/mol. The number of anilines is 1. The minimum atomic E-state index is -0.437. The van der Waals surface area contributed by atoms with Crippen LogP contribution in [0.25, 0.3) is 16.8 Å². The SMILES string of the molecule is CN(C)CCn1c(=O)oc2ccc(NC(=O)c3nc(C4CC4)n(-c4ccccc4Cl)n3)cc21. The van der Waals surface area contributed by atoms with E-state index in [1.165, 1.54) is 0 Å². The summed E-state index contributed by atoms with van der Waals surface area (Å²) in [4.78, 5) is 31.7. The van der Waals surface area contributed by atoms with E-state index >= 15 is 0 Å². The Hall–Kier alpha value is -3.43. The summed E-state index contributed by atoms with van der Waals surface area (Å²) in [6.07, 6.45) is 2.01. The molecule has 0 spiro atoms. The van der Waals surface area contributed by atoms with Crippen LogP contribution in [0.1, 0.15) is 35.2 Å². The fraction of sp³-hybridized carbons (Fsp3) is 0.304. The van der Waals surface area contributed by atoms with Gasteiger partial charge in [-0.25, -0.2) is 14.5 Å². The van der Waals surface area contributed by atoms with Crippen molar-refractivity contribution in [2.45, 2.75) is 25.3 Å². The van der Waals surface area contributed by atoms with Crippen LogP contribution in [0.15, 0.2) is 51.7 Å². The topological polar surface area (TPSA) is 98.2 Å². The zero-order chi connectivity index (χ0) is 23.1. The number of carbonyl (C=O) groups is 1. The molecule has 4 aromatic rings. The summed E-state index contributed by atoms with van der Waals surface area (Å²) in [5.74, 6) is 0.200. The van der Waals surface area contributed by atoms with E-state index in [2.05, 4.69) is 15.4 Å². The minimum Gasteiger partial charge on any atom is -0.408 e. The zero-order valence-electron chi connectivity index (χ0n) is 18.3. The number of para-hydroxylation sites is 1. The van der Waals surface area contributed by atoms with Gasteiger partial charge in [0.25, 0.3) is 5.91 Å². The second-order valence-corrected chi connectivity index (χ2v) is 8.80. The normalized spacial score (nSPS) is 13.7. The van der Waals surface area contributed by atoms with Crippen LogP contribution in [-0.2, 0) is 6.54 Å². The molecule has 0 radical (unpaired) electrons. The van der Waals surface area contributed by atoms with Crippen molar-refractivity contribution in [3.05, 3.63) is 69.7 Å². The summed E-state index contributed by atoms with van der Waals surface area (Å²) in [6, 6.07) is 12.4. The van der Waals surface area contributed by atoms with E-state index in [9.17, 15) is 9.59 Å². The molecule has 1 saturated carbocycles. The smallest absolute Gasteiger partial charge is 0.408 e. The van der Waals surface area contributed by atoms with E-state index in [0.29, 0.717) is 40.6 Å². The molecule has 2 aromatic carbocycles. The van der Waals surface area contributed by atoms with Crippen LogP contribution in [0.2, 0.25) is 5.02 Å². The van der Waals surface area contributed by atoms with Gasteiger partial charge in [-0.3, -0.25) is 9.36 Å². The number of rotatable bonds is 7. The summed E-state index contributed by atoms with van der Waals surface area (Å²) in [6.45, 7) is 1.16. The number of aromatic nitrogens is 4. The number of nitrogens with zero attached hydrogens (tertiary/aromatic N) is 5. The van der Waals surface area contributed by atoms with Crippen LogP contribution in [-0.4, -0.2) is 50.8 Å². The number of amides is 1. The molecule has 1 fully saturated rings. The highest BCUT2D eigenvalue weighted by atomic mass is 35.5. The van der Waals surface area contributed by atoms with Crippen molar-refractivity contribution in [3.8, 4) is 5.69 Å².